The van der Waals surface area contributed by atoms with E-state index in [9.17, 15) is 4.79 Å². The molecule has 0 amide bonds. The number of hydrogen-bond donors (Lipinski definition) is 1. The van der Waals surface area contributed by atoms with Crippen LogP contribution in [0.4, 0.5) is 0 Å². The van der Waals surface area contributed by atoms with Crippen molar-refractivity contribution in [3.63, 3.8) is 0 Å². The first-order valence-electron chi connectivity index (χ1n) is 4.33. The number of hydrogen-bond acceptors (Lipinski definition) is 1. The minimum absolute atomic E-state index is 0.788. The van der Waals surface area contributed by atoms with Gasteiger partial charge in [-0.25, -0.2) is 4.79 Å². The van der Waals surface area contributed by atoms with Crippen molar-refractivity contribution in [3.05, 3.63) is 34.4 Å². The smallest absolute Gasteiger partial charge is 0.382 e. The van der Waals surface area contributed by atoms with Gasteiger partial charge in [0, 0.05) is 11.5 Å². The third-order valence-corrected chi connectivity index (χ3v) is 2.14. The normalized spacial score (nSPS) is 9.07. The lowest BCUT2D eigenvalue weighted by Gasteiger charge is -2.03. The topological polar surface area (TPSA) is 37.3 Å². The molecule has 0 atom stereocenters. The molecule has 1 aromatic rings. The van der Waals surface area contributed by atoms with Crippen LogP contribution in [-0.4, -0.2) is 11.1 Å². The summed E-state index contributed by atoms with van der Waals surface area (Å²) < 4.78 is 0. The van der Waals surface area contributed by atoms with E-state index in [-0.39, 0.29) is 0 Å². The third-order valence-electron chi connectivity index (χ3n) is 2.14. The lowest BCUT2D eigenvalue weighted by molar-refractivity contribution is -0.130. The van der Waals surface area contributed by atoms with E-state index in [4.69, 9.17) is 5.11 Å². The highest BCUT2D eigenvalue weighted by molar-refractivity contribution is 5.87. The second-order valence-corrected chi connectivity index (χ2v) is 3.31. The molecule has 2 heteroatoms. The summed E-state index contributed by atoms with van der Waals surface area (Å²) in [7, 11) is 0. The van der Waals surface area contributed by atoms with E-state index in [1.54, 1.807) is 0 Å². The molecule has 0 unspecified atom stereocenters. The molecule has 0 aliphatic rings. The molecule has 72 valence electrons. The fourth-order valence-electron chi connectivity index (χ4n) is 1.22. The number of carbonyl (C=O) groups is 1. The number of benzene rings is 1. The maximum absolute atomic E-state index is 10.3. The van der Waals surface area contributed by atoms with Gasteiger partial charge in [-0.2, -0.15) is 0 Å². The molecule has 0 bridgehead atoms. The predicted octanol–water partition coefficient (Wildman–Crippen LogP) is 2.05. The number of rotatable bonds is 0. The molecule has 1 N–H and O–H groups in total. The zero-order valence-corrected chi connectivity index (χ0v) is 8.51. The third kappa shape index (κ3) is 2.37. The lowest BCUT2D eigenvalue weighted by Crippen LogP contribution is -1.91. The molecule has 0 saturated heterocycles. The Balaban J connectivity index is 3.18. The predicted molar refractivity (Wildman–Crippen MR) is 55.2 cm³/mol. The van der Waals surface area contributed by atoms with Crippen LogP contribution in [0.1, 0.15) is 22.3 Å². The highest BCUT2D eigenvalue weighted by Gasteiger charge is 1.99. The van der Waals surface area contributed by atoms with Crippen molar-refractivity contribution in [2.75, 3.05) is 0 Å². The van der Waals surface area contributed by atoms with Crippen molar-refractivity contribution >= 4 is 5.97 Å². The molecule has 0 radical (unpaired) electrons. The zero-order valence-electron chi connectivity index (χ0n) is 8.51. The van der Waals surface area contributed by atoms with Crippen molar-refractivity contribution in [1.29, 1.82) is 0 Å². The summed E-state index contributed by atoms with van der Waals surface area (Å²) in [5.74, 6) is 3.65. The molecular formula is C12H12O2. The highest BCUT2D eigenvalue weighted by atomic mass is 16.4. The van der Waals surface area contributed by atoms with E-state index < -0.39 is 5.97 Å². The Kier molecular flexibility index (Phi) is 2.93. The van der Waals surface area contributed by atoms with Crippen LogP contribution in [-0.2, 0) is 4.79 Å². The van der Waals surface area contributed by atoms with E-state index in [1.165, 1.54) is 5.56 Å². The van der Waals surface area contributed by atoms with E-state index in [2.05, 4.69) is 11.8 Å². The van der Waals surface area contributed by atoms with Crippen LogP contribution in [0.15, 0.2) is 12.1 Å². The minimum Gasteiger partial charge on any atom is -0.472 e. The van der Waals surface area contributed by atoms with Crippen molar-refractivity contribution in [1.82, 2.24) is 0 Å². The number of carboxylic acids is 1. The van der Waals surface area contributed by atoms with Gasteiger partial charge in [0.25, 0.3) is 0 Å². The van der Waals surface area contributed by atoms with Crippen LogP contribution in [0, 0.1) is 32.6 Å². The summed E-state index contributed by atoms with van der Waals surface area (Å²) in [6.45, 7) is 5.94. The Hall–Kier alpha value is -1.75. The largest absolute Gasteiger partial charge is 0.472 e. The van der Waals surface area contributed by atoms with E-state index >= 15 is 0 Å². The van der Waals surface area contributed by atoms with Gasteiger partial charge in [-0.1, -0.05) is 12.0 Å². The van der Waals surface area contributed by atoms with Crippen LogP contribution < -0.4 is 0 Å². The summed E-state index contributed by atoms with van der Waals surface area (Å²) in [6.07, 6.45) is 0. The van der Waals surface area contributed by atoms with Crippen molar-refractivity contribution in [3.8, 4) is 11.8 Å². The molecule has 14 heavy (non-hydrogen) atoms. The average molecular weight is 188 g/mol. The van der Waals surface area contributed by atoms with Gasteiger partial charge in [-0.15, -0.1) is 0 Å². The SMILES string of the molecule is Cc1cc(C)c(C#CC(=O)O)cc1C. The van der Waals surface area contributed by atoms with Gasteiger partial charge in [0.05, 0.1) is 0 Å². The van der Waals surface area contributed by atoms with E-state index in [1.807, 2.05) is 32.9 Å². The Bertz CT molecular complexity index is 434. The molecule has 0 fully saturated rings. The molecule has 0 aliphatic carbocycles. The first kappa shape index (κ1) is 10.3. The number of aryl methyl sites for hydroxylation is 3. The summed E-state index contributed by atoms with van der Waals surface area (Å²) in [5.41, 5.74) is 4.13. The molecule has 0 heterocycles. The van der Waals surface area contributed by atoms with Gasteiger partial charge in [0.15, 0.2) is 0 Å². The van der Waals surface area contributed by atoms with Crippen LogP contribution in [0.25, 0.3) is 0 Å². The maximum atomic E-state index is 10.3. The Morgan fingerprint density at radius 1 is 1.14 bits per heavy atom. The summed E-state index contributed by atoms with van der Waals surface area (Å²) >= 11 is 0. The number of carboxylic acid groups (broad SMARTS) is 1. The molecular weight excluding hydrogens is 176 g/mol. The Morgan fingerprint density at radius 3 is 2.29 bits per heavy atom. The molecule has 0 saturated carbocycles. The van der Waals surface area contributed by atoms with Gasteiger partial charge in [0.2, 0.25) is 0 Å². The molecule has 2 nitrogen and oxygen atoms in total. The second-order valence-electron chi connectivity index (χ2n) is 3.31. The second kappa shape index (κ2) is 3.97. The highest BCUT2D eigenvalue weighted by Crippen LogP contribution is 2.13. The van der Waals surface area contributed by atoms with Crippen molar-refractivity contribution < 1.29 is 9.90 Å². The van der Waals surface area contributed by atoms with Crippen LogP contribution in [0.5, 0.6) is 0 Å². The lowest BCUT2D eigenvalue weighted by atomic mass is 10.0. The first-order valence-corrected chi connectivity index (χ1v) is 4.33. The molecule has 0 aliphatic heterocycles. The molecule has 1 aromatic carbocycles. The summed E-state index contributed by atoms with van der Waals surface area (Å²) in [4.78, 5) is 10.3. The molecule has 0 spiro atoms. The van der Waals surface area contributed by atoms with Gasteiger partial charge >= 0.3 is 5.97 Å². The summed E-state index contributed by atoms with van der Waals surface area (Å²) in [6, 6.07) is 3.93. The first-order chi connectivity index (χ1) is 6.50. The van der Waals surface area contributed by atoms with Gasteiger partial charge in [-0.3, -0.25) is 0 Å². The summed E-state index contributed by atoms with van der Waals surface area (Å²) in [5, 5.41) is 8.42. The Labute approximate surface area is 83.6 Å². The van der Waals surface area contributed by atoms with E-state index in [0.717, 1.165) is 16.7 Å². The van der Waals surface area contributed by atoms with Crippen LogP contribution in [0.3, 0.4) is 0 Å². The van der Waals surface area contributed by atoms with E-state index in [0.29, 0.717) is 0 Å². The van der Waals surface area contributed by atoms with Crippen LogP contribution in [0.2, 0.25) is 0 Å². The minimum atomic E-state index is -1.09. The monoisotopic (exact) mass is 188 g/mol. The fraction of sp³-hybridized carbons (Fsp3) is 0.250. The zero-order chi connectivity index (χ0) is 10.7. The fourth-order valence-corrected chi connectivity index (χ4v) is 1.22. The van der Waals surface area contributed by atoms with Gasteiger partial charge < -0.3 is 5.11 Å². The van der Waals surface area contributed by atoms with Gasteiger partial charge in [0.1, 0.15) is 0 Å². The molecule has 1 rings (SSSR count). The Morgan fingerprint density at radius 2 is 1.71 bits per heavy atom. The maximum Gasteiger partial charge on any atom is 0.382 e. The average Bonchev–Trinajstić information content (AvgIpc) is 2.09. The van der Waals surface area contributed by atoms with Gasteiger partial charge in [-0.05, 0) is 43.5 Å². The van der Waals surface area contributed by atoms with Crippen molar-refractivity contribution in [2.24, 2.45) is 0 Å². The standard InChI is InChI=1S/C12H12O2/c1-8-6-10(3)11(7-9(8)2)4-5-12(13)14/h6-7H,1-3H3,(H,13,14). The molecule has 0 aromatic heterocycles. The van der Waals surface area contributed by atoms with Crippen LogP contribution >= 0.6 is 0 Å². The van der Waals surface area contributed by atoms with Crippen molar-refractivity contribution in [2.45, 2.75) is 20.8 Å². The quantitative estimate of drug-likeness (QED) is 0.633. The number of aliphatic carboxylic acids is 1.